The third kappa shape index (κ3) is 13.1. The number of carbonyl (C=O) groups excluding carboxylic acids is 2. The van der Waals surface area contributed by atoms with Crippen LogP contribution in [0.1, 0.15) is 74.7 Å². The Hall–Kier alpha value is -1.06. The van der Waals surface area contributed by atoms with Crippen LogP contribution >= 0.6 is 0 Å². The molecule has 4 nitrogen and oxygen atoms in total. The lowest BCUT2D eigenvalue weighted by atomic mass is 9.90. The summed E-state index contributed by atoms with van der Waals surface area (Å²) in [5.74, 6) is 0.581. The van der Waals surface area contributed by atoms with Crippen LogP contribution in [0.4, 0.5) is 0 Å². The van der Waals surface area contributed by atoms with Crippen LogP contribution in [-0.4, -0.2) is 36.3 Å². The first kappa shape index (κ1) is 21.9. The van der Waals surface area contributed by atoms with Crippen molar-refractivity contribution in [2.24, 2.45) is 16.7 Å². The van der Waals surface area contributed by atoms with Gasteiger partial charge in [0.1, 0.15) is 0 Å². The number of nitrogens with zero attached hydrogens (tertiary/aromatic N) is 1. The van der Waals surface area contributed by atoms with Gasteiger partial charge in [-0.2, -0.15) is 0 Å². The number of hydrogen-bond donors (Lipinski definition) is 1. The smallest absolute Gasteiger partial charge is 0.239 e. The topological polar surface area (TPSA) is 49.4 Å². The van der Waals surface area contributed by atoms with E-state index in [0.29, 0.717) is 25.4 Å². The van der Waals surface area contributed by atoms with Crippen LogP contribution in [0.5, 0.6) is 0 Å². The molecule has 4 heteroatoms. The molecule has 0 radical (unpaired) electrons. The van der Waals surface area contributed by atoms with Gasteiger partial charge in [0.2, 0.25) is 11.8 Å². The highest BCUT2D eigenvalue weighted by atomic mass is 16.2. The van der Waals surface area contributed by atoms with Crippen molar-refractivity contribution in [3.63, 3.8) is 0 Å². The number of rotatable bonds is 8. The Kier molecular flexibility index (Phi) is 8.86. The molecule has 0 unspecified atom stereocenters. The maximum Gasteiger partial charge on any atom is 0.239 e. The Morgan fingerprint density at radius 3 is 2.00 bits per heavy atom. The number of carbonyl (C=O) groups is 2. The summed E-state index contributed by atoms with van der Waals surface area (Å²) in [6, 6.07) is 0. The maximum absolute atomic E-state index is 12.5. The Balaban J connectivity index is 4.64. The van der Waals surface area contributed by atoms with Crippen LogP contribution in [0.15, 0.2) is 0 Å². The van der Waals surface area contributed by atoms with Crippen molar-refractivity contribution in [1.82, 2.24) is 10.2 Å². The van der Waals surface area contributed by atoms with Crippen molar-refractivity contribution >= 4 is 11.8 Å². The van der Waals surface area contributed by atoms with E-state index in [1.807, 2.05) is 0 Å². The molecule has 0 aromatic carbocycles. The number of amides is 2. The lowest BCUT2D eigenvalue weighted by Crippen LogP contribution is -2.43. The van der Waals surface area contributed by atoms with E-state index in [4.69, 9.17) is 0 Å². The fourth-order valence-electron chi connectivity index (χ4n) is 2.06. The fraction of sp³-hybridized carbons (Fsp3) is 0.895. The Labute approximate surface area is 143 Å². The first-order valence-electron chi connectivity index (χ1n) is 8.85. The van der Waals surface area contributed by atoms with Gasteiger partial charge < -0.3 is 10.2 Å². The lowest BCUT2D eigenvalue weighted by molar-refractivity contribution is -0.137. The van der Waals surface area contributed by atoms with Crippen molar-refractivity contribution in [2.75, 3.05) is 19.6 Å². The van der Waals surface area contributed by atoms with Crippen LogP contribution in [0.3, 0.4) is 0 Å². The molecule has 0 saturated heterocycles. The zero-order chi connectivity index (χ0) is 18.3. The van der Waals surface area contributed by atoms with Gasteiger partial charge in [-0.1, -0.05) is 55.4 Å². The van der Waals surface area contributed by atoms with E-state index >= 15 is 0 Å². The molecule has 1 N–H and O–H groups in total. The van der Waals surface area contributed by atoms with Crippen molar-refractivity contribution in [3.05, 3.63) is 0 Å². The molecule has 0 saturated carbocycles. The Morgan fingerprint density at radius 2 is 1.57 bits per heavy atom. The Bertz CT molecular complexity index is 376. The molecule has 0 bridgehead atoms. The molecule has 0 aromatic heterocycles. The second-order valence-corrected chi connectivity index (χ2v) is 9.40. The minimum atomic E-state index is -0.0643. The third-order valence-electron chi connectivity index (χ3n) is 3.54. The average Bonchev–Trinajstić information content (AvgIpc) is 2.30. The predicted molar refractivity (Wildman–Crippen MR) is 97.2 cm³/mol. The van der Waals surface area contributed by atoms with Gasteiger partial charge in [0.05, 0.1) is 6.54 Å². The molecule has 0 aromatic rings. The summed E-state index contributed by atoms with van der Waals surface area (Å²) in [5, 5.41) is 2.93. The first-order chi connectivity index (χ1) is 10.3. The zero-order valence-electron chi connectivity index (χ0n) is 16.6. The van der Waals surface area contributed by atoms with Crippen LogP contribution in [0, 0.1) is 16.7 Å². The second-order valence-electron chi connectivity index (χ2n) is 9.40. The summed E-state index contributed by atoms with van der Waals surface area (Å²) >= 11 is 0. The summed E-state index contributed by atoms with van der Waals surface area (Å²) in [6.45, 7) is 18.4. The van der Waals surface area contributed by atoms with E-state index in [1.165, 1.54) is 0 Å². The first-order valence-corrected chi connectivity index (χ1v) is 8.85. The molecule has 0 aliphatic carbocycles. The second kappa shape index (κ2) is 9.29. The van der Waals surface area contributed by atoms with Crippen LogP contribution < -0.4 is 5.32 Å². The van der Waals surface area contributed by atoms with E-state index in [9.17, 15) is 9.59 Å². The average molecular weight is 327 g/mol. The summed E-state index contributed by atoms with van der Waals surface area (Å²) in [4.78, 5) is 26.4. The molecule has 0 atom stereocenters. The molecule has 136 valence electrons. The summed E-state index contributed by atoms with van der Waals surface area (Å²) in [5.41, 5.74) is 0.0829. The molecular formula is C19H38N2O2. The van der Waals surface area contributed by atoms with Gasteiger partial charge in [-0.3, -0.25) is 9.59 Å². The van der Waals surface area contributed by atoms with Crippen LogP contribution in [-0.2, 0) is 9.59 Å². The molecule has 0 rings (SSSR count). The lowest BCUT2D eigenvalue weighted by Gasteiger charge is -2.29. The normalized spacial score (nSPS) is 12.4. The van der Waals surface area contributed by atoms with Crippen LogP contribution in [0.2, 0.25) is 0 Å². The molecule has 0 heterocycles. The molecule has 0 aliphatic rings. The Morgan fingerprint density at radius 1 is 1.00 bits per heavy atom. The van der Waals surface area contributed by atoms with E-state index in [2.05, 4.69) is 60.7 Å². The standard InChI is InChI=1S/C19H38N2O2/c1-15(2)9-11-20-16(22)14-21(12-10-18(3,4)5)17(23)13-19(6,7)8/h15H,9-14H2,1-8H3,(H,20,22). The van der Waals surface area contributed by atoms with E-state index in [1.54, 1.807) is 4.90 Å². The van der Waals surface area contributed by atoms with Gasteiger partial charge >= 0.3 is 0 Å². The maximum atomic E-state index is 12.5. The number of hydrogen-bond acceptors (Lipinski definition) is 2. The predicted octanol–water partition coefficient (Wildman–Crippen LogP) is 3.85. The third-order valence-corrected chi connectivity index (χ3v) is 3.54. The molecule has 0 fully saturated rings. The van der Waals surface area contributed by atoms with E-state index < -0.39 is 0 Å². The highest BCUT2D eigenvalue weighted by Crippen LogP contribution is 2.22. The van der Waals surface area contributed by atoms with Crippen LogP contribution in [0.25, 0.3) is 0 Å². The monoisotopic (exact) mass is 326 g/mol. The van der Waals surface area contributed by atoms with E-state index in [0.717, 1.165) is 12.8 Å². The summed E-state index contributed by atoms with van der Waals surface area (Å²) in [7, 11) is 0. The molecule has 0 aliphatic heterocycles. The highest BCUT2D eigenvalue weighted by molar-refractivity contribution is 5.85. The fourth-order valence-corrected chi connectivity index (χ4v) is 2.06. The van der Waals surface area contributed by atoms with E-state index in [-0.39, 0.29) is 29.2 Å². The van der Waals surface area contributed by atoms with Gasteiger partial charge in [0.15, 0.2) is 0 Å². The minimum Gasteiger partial charge on any atom is -0.355 e. The van der Waals surface area contributed by atoms with Gasteiger partial charge in [-0.25, -0.2) is 0 Å². The largest absolute Gasteiger partial charge is 0.355 e. The summed E-state index contributed by atoms with van der Waals surface area (Å²) in [6.07, 6.45) is 2.32. The zero-order valence-corrected chi connectivity index (χ0v) is 16.6. The summed E-state index contributed by atoms with van der Waals surface area (Å²) < 4.78 is 0. The highest BCUT2D eigenvalue weighted by Gasteiger charge is 2.24. The van der Waals surface area contributed by atoms with Crippen molar-refractivity contribution in [3.8, 4) is 0 Å². The molecule has 0 spiro atoms. The van der Waals surface area contributed by atoms with Gasteiger partial charge in [0.25, 0.3) is 0 Å². The van der Waals surface area contributed by atoms with Gasteiger partial charge in [0, 0.05) is 19.5 Å². The molecular weight excluding hydrogens is 288 g/mol. The number of nitrogens with one attached hydrogen (secondary N) is 1. The minimum absolute atomic E-state index is 0.0539. The van der Waals surface area contributed by atoms with Gasteiger partial charge in [-0.15, -0.1) is 0 Å². The van der Waals surface area contributed by atoms with Crippen molar-refractivity contribution in [2.45, 2.75) is 74.7 Å². The van der Waals surface area contributed by atoms with Crippen molar-refractivity contribution in [1.29, 1.82) is 0 Å². The van der Waals surface area contributed by atoms with Gasteiger partial charge in [-0.05, 0) is 29.6 Å². The SMILES string of the molecule is CC(C)CCNC(=O)CN(CCC(C)(C)C)C(=O)CC(C)(C)C. The molecule has 23 heavy (non-hydrogen) atoms. The quantitative estimate of drug-likeness (QED) is 0.736. The molecule has 2 amide bonds. The van der Waals surface area contributed by atoms with Crippen molar-refractivity contribution < 1.29 is 9.59 Å².